The summed E-state index contributed by atoms with van der Waals surface area (Å²) in [6.45, 7) is 11.8. The van der Waals surface area contributed by atoms with Crippen LogP contribution in [0.3, 0.4) is 0 Å². The maximum Gasteiger partial charge on any atom is 0.0575 e. The van der Waals surface area contributed by atoms with E-state index in [0.717, 1.165) is 24.4 Å². The Hall–Kier alpha value is -0.0800. The van der Waals surface area contributed by atoms with Crippen LogP contribution in [0.2, 0.25) is 0 Å². The highest BCUT2D eigenvalue weighted by molar-refractivity contribution is 4.76. The SMILES string of the molecule is CCOC1CCC(CCCN2CCC(C(C)C)CC2)CC1. The Morgan fingerprint density at radius 2 is 1.67 bits per heavy atom. The summed E-state index contributed by atoms with van der Waals surface area (Å²) >= 11 is 0. The van der Waals surface area contributed by atoms with Gasteiger partial charge in [0.25, 0.3) is 0 Å². The Balaban J connectivity index is 1.53. The molecule has 0 aromatic heterocycles. The molecular weight excluding hydrogens is 258 g/mol. The summed E-state index contributed by atoms with van der Waals surface area (Å²) in [6, 6.07) is 0. The van der Waals surface area contributed by atoms with Gasteiger partial charge in [-0.2, -0.15) is 0 Å². The first kappa shape index (κ1) is 17.3. The molecule has 1 heterocycles. The number of piperidine rings is 1. The van der Waals surface area contributed by atoms with Crippen molar-refractivity contribution in [1.82, 2.24) is 4.90 Å². The zero-order chi connectivity index (χ0) is 15.1. The Morgan fingerprint density at radius 3 is 2.24 bits per heavy atom. The summed E-state index contributed by atoms with van der Waals surface area (Å²) in [6.07, 6.45) is 11.7. The molecule has 2 nitrogen and oxygen atoms in total. The van der Waals surface area contributed by atoms with Crippen molar-refractivity contribution in [3.8, 4) is 0 Å². The molecule has 2 aliphatic rings. The van der Waals surface area contributed by atoms with Gasteiger partial charge in [0, 0.05) is 6.61 Å². The van der Waals surface area contributed by atoms with E-state index in [4.69, 9.17) is 4.74 Å². The molecular formula is C19H37NO. The van der Waals surface area contributed by atoms with Crippen molar-refractivity contribution >= 4 is 0 Å². The van der Waals surface area contributed by atoms with E-state index in [-0.39, 0.29) is 0 Å². The molecule has 1 saturated heterocycles. The smallest absolute Gasteiger partial charge is 0.0575 e. The number of hydrogen-bond acceptors (Lipinski definition) is 2. The molecule has 0 unspecified atom stereocenters. The Morgan fingerprint density at radius 1 is 1.00 bits per heavy atom. The minimum Gasteiger partial charge on any atom is -0.379 e. The molecule has 0 bridgehead atoms. The fourth-order valence-electron chi connectivity index (χ4n) is 4.27. The molecule has 0 atom stereocenters. The van der Waals surface area contributed by atoms with Crippen LogP contribution in [0.25, 0.3) is 0 Å². The van der Waals surface area contributed by atoms with Gasteiger partial charge in [0.05, 0.1) is 6.10 Å². The van der Waals surface area contributed by atoms with E-state index in [0.29, 0.717) is 6.10 Å². The van der Waals surface area contributed by atoms with Gasteiger partial charge < -0.3 is 9.64 Å². The second-order valence-electron chi connectivity index (χ2n) is 7.66. The summed E-state index contributed by atoms with van der Waals surface area (Å²) < 4.78 is 5.75. The molecule has 124 valence electrons. The van der Waals surface area contributed by atoms with Gasteiger partial charge in [-0.25, -0.2) is 0 Å². The topological polar surface area (TPSA) is 12.5 Å². The van der Waals surface area contributed by atoms with Crippen LogP contribution >= 0.6 is 0 Å². The Bertz CT molecular complexity index is 263. The van der Waals surface area contributed by atoms with E-state index in [1.165, 1.54) is 71.0 Å². The van der Waals surface area contributed by atoms with E-state index in [1.54, 1.807) is 0 Å². The van der Waals surface area contributed by atoms with Crippen molar-refractivity contribution in [2.45, 2.75) is 78.2 Å². The average molecular weight is 296 g/mol. The van der Waals surface area contributed by atoms with E-state index >= 15 is 0 Å². The average Bonchev–Trinajstić information content (AvgIpc) is 2.50. The Labute approximate surface area is 132 Å². The second kappa shape index (κ2) is 9.15. The van der Waals surface area contributed by atoms with Gasteiger partial charge in [-0.1, -0.05) is 13.8 Å². The second-order valence-corrected chi connectivity index (χ2v) is 7.66. The highest BCUT2D eigenvalue weighted by atomic mass is 16.5. The first-order chi connectivity index (χ1) is 10.2. The highest BCUT2D eigenvalue weighted by Gasteiger charge is 2.23. The van der Waals surface area contributed by atoms with Gasteiger partial charge in [-0.3, -0.25) is 0 Å². The van der Waals surface area contributed by atoms with Crippen molar-refractivity contribution in [2.75, 3.05) is 26.2 Å². The first-order valence-electron chi connectivity index (χ1n) is 9.53. The number of ether oxygens (including phenoxy) is 1. The fraction of sp³-hybridized carbons (Fsp3) is 1.00. The number of nitrogens with zero attached hydrogens (tertiary/aromatic N) is 1. The minimum absolute atomic E-state index is 0.571. The molecule has 21 heavy (non-hydrogen) atoms. The molecule has 0 aromatic rings. The summed E-state index contributed by atoms with van der Waals surface area (Å²) in [5, 5.41) is 0. The third kappa shape index (κ3) is 5.90. The lowest BCUT2D eigenvalue weighted by atomic mass is 9.84. The normalized spacial score (nSPS) is 29.1. The lowest BCUT2D eigenvalue weighted by Crippen LogP contribution is -2.36. The predicted molar refractivity (Wildman–Crippen MR) is 90.6 cm³/mol. The monoisotopic (exact) mass is 295 g/mol. The minimum atomic E-state index is 0.571. The quantitative estimate of drug-likeness (QED) is 0.673. The number of hydrogen-bond donors (Lipinski definition) is 0. The van der Waals surface area contributed by atoms with Gasteiger partial charge in [-0.05, 0) is 95.7 Å². The van der Waals surface area contributed by atoms with Crippen LogP contribution in [0, 0.1) is 17.8 Å². The van der Waals surface area contributed by atoms with Crippen molar-refractivity contribution in [2.24, 2.45) is 17.8 Å². The van der Waals surface area contributed by atoms with Gasteiger partial charge in [0.1, 0.15) is 0 Å². The molecule has 0 N–H and O–H groups in total. The number of likely N-dealkylation sites (tertiary alicyclic amines) is 1. The molecule has 1 saturated carbocycles. The highest BCUT2D eigenvalue weighted by Crippen LogP contribution is 2.30. The summed E-state index contributed by atoms with van der Waals surface area (Å²) in [5.41, 5.74) is 0. The number of rotatable bonds is 7. The molecule has 0 aromatic carbocycles. The van der Waals surface area contributed by atoms with Crippen LogP contribution in [-0.2, 0) is 4.74 Å². The van der Waals surface area contributed by atoms with Gasteiger partial charge >= 0.3 is 0 Å². The van der Waals surface area contributed by atoms with Gasteiger partial charge in [0.2, 0.25) is 0 Å². The van der Waals surface area contributed by atoms with Crippen LogP contribution in [-0.4, -0.2) is 37.2 Å². The van der Waals surface area contributed by atoms with Crippen LogP contribution in [0.4, 0.5) is 0 Å². The maximum atomic E-state index is 5.75. The van der Waals surface area contributed by atoms with Crippen molar-refractivity contribution in [1.29, 1.82) is 0 Å². The van der Waals surface area contributed by atoms with E-state index in [2.05, 4.69) is 25.7 Å². The molecule has 0 radical (unpaired) electrons. The fourth-order valence-corrected chi connectivity index (χ4v) is 4.27. The third-order valence-electron chi connectivity index (χ3n) is 5.86. The molecule has 2 heteroatoms. The van der Waals surface area contributed by atoms with Crippen LogP contribution in [0.15, 0.2) is 0 Å². The van der Waals surface area contributed by atoms with E-state index in [9.17, 15) is 0 Å². The summed E-state index contributed by atoms with van der Waals surface area (Å²) in [7, 11) is 0. The predicted octanol–water partition coefficient (Wildman–Crippen LogP) is 4.73. The molecule has 1 aliphatic heterocycles. The van der Waals surface area contributed by atoms with Crippen molar-refractivity contribution in [3.05, 3.63) is 0 Å². The van der Waals surface area contributed by atoms with Crippen LogP contribution in [0.1, 0.15) is 72.1 Å². The van der Waals surface area contributed by atoms with Crippen molar-refractivity contribution < 1.29 is 4.74 Å². The van der Waals surface area contributed by atoms with Gasteiger partial charge in [0.15, 0.2) is 0 Å². The van der Waals surface area contributed by atoms with E-state index < -0.39 is 0 Å². The standard InChI is InChI=1S/C19H37NO/c1-4-21-19-9-7-17(8-10-19)6-5-13-20-14-11-18(12-15-20)16(2)3/h16-19H,4-15H2,1-3H3. The lowest BCUT2D eigenvalue weighted by molar-refractivity contribution is 0.0241. The summed E-state index contributed by atoms with van der Waals surface area (Å²) in [5.74, 6) is 2.85. The Kier molecular flexibility index (Phi) is 7.53. The van der Waals surface area contributed by atoms with Crippen molar-refractivity contribution in [3.63, 3.8) is 0 Å². The maximum absolute atomic E-state index is 5.75. The van der Waals surface area contributed by atoms with Gasteiger partial charge in [-0.15, -0.1) is 0 Å². The molecule has 2 fully saturated rings. The van der Waals surface area contributed by atoms with Crippen LogP contribution in [0.5, 0.6) is 0 Å². The largest absolute Gasteiger partial charge is 0.379 e. The zero-order valence-corrected chi connectivity index (χ0v) is 14.7. The van der Waals surface area contributed by atoms with Crippen LogP contribution < -0.4 is 0 Å². The molecule has 1 aliphatic carbocycles. The molecule has 0 amide bonds. The first-order valence-corrected chi connectivity index (χ1v) is 9.53. The summed E-state index contributed by atoms with van der Waals surface area (Å²) in [4.78, 5) is 2.71. The van der Waals surface area contributed by atoms with E-state index in [1.807, 2.05) is 0 Å². The third-order valence-corrected chi connectivity index (χ3v) is 5.86. The molecule has 0 spiro atoms. The lowest BCUT2D eigenvalue weighted by Gasteiger charge is -2.34. The molecule has 2 rings (SSSR count). The zero-order valence-electron chi connectivity index (χ0n) is 14.7.